The van der Waals surface area contributed by atoms with Gasteiger partial charge in [0.15, 0.2) is 0 Å². The summed E-state index contributed by atoms with van der Waals surface area (Å²) in [5.74, 6) is -0.775. The molecule has 0 aliphatic heterocycles. The van der Waals surface area contributed by atoms with Crippen molar-refractivity contribution in [1.29, 1.82) is 0 Å². The molecule has 5 unspecified atom stereocenters. The lowest BCUT2D eigenvalue weighted by molar-refractivity contribution is -0.155. The molecule has 1 saturated carbocycles. The zero-order valence-electron chi connectivity index (χ0n) is 22.4. The first-order valence-corrected chi connectivity index (χ1v) is 13.1. The molecule has 7 N–H and O–H groups in total. The molecule has 208 valence electrons. The van der Waals surface area contributed by atoms with Crippen molar-refractivity contribution in [3.05, 3.63) is 71.8 Å². The Morgan fingerprint density at radius 1 is 1.03 bits per heavy atom. The van der Waals surface area contributed by atoms with Gasteiger partial charge in [-0.15, -0.1) is 0 Å². The van der Waals surface area contributed by atoms with Crippen LogP contribution < -0.4 is 11.1 Å². The molecule has 0 saturated heterocycles. The summed E-state index contributed by atoms with van der Waals surface area (Å²) in [5.41, 5.74) is 3.83. The van der Waals surface area contributed by atoms with Crippen LogP contribution in [-0.2, 0) is 17.6 Å². The Morgan fingerprint density at radius 3 is 2.05 bits per heavy atom. The second-order valence-corrected chi connectivity index (χ2v) is 11.1. The zero-order chi connectivity index (χ0) is 28.1. The third-order valence-electron chi connectivity index (χ3n) is 8.04. The molecule has 1 aliphatic rings. The van der Waals surface area contributed by atoms with Crippen molar-refractivity contribution in [2.75, 3.05) is 0 Å². The Hall–Kier alpha value is -2.98. The van der Waals surface area contributed by atoms with Gasteiger partial charge in [-0.3, -0.25) is 9.69 Å². The predicted octanol–water partition coefficient (Wildman–Crippen LogP) is 2.62. The largest absolute Gasteiger partial charge is 0.465 e. The van der Waals surface area contributed by atoms with E-state index < -0.39 is 47.1 Å². The molecule has 2 aromatic carbocycles. The van der Waals surface area contributed by atoms with Gasteiger partial charge >= 0.3 is 6.09 Å². The van der Waals surface area contributed by atoms with E-state index in [0.29, 0.717) is 24.8 Å². The number of hydrogen-bond donors (Lipinski definition) is 6. The SMILES string of the molecule is CC(O)C(N)(Cc1ccccc1)N(C(=O)O)C(NC(=O)C1(O)CCCC1(C)C)C(O)CCc1ccccc1. The van der Waals surface area contributed by atoms with Crippen molar-refractivity contribution < 1.29 is 30.0 Å². The lowest BCUT2D eigenvalue weighted by Crippen LogP contribution is -2.74. The summed E-state index contributed by atoms with van der Waals surface area (Å²) in [6.45, 7) is 4.95. The molecule has 9 nitrogen and oxygen atoms in total. The lowest BCUT2D eigenvalue weighted by atomic mass is 9.77. The number of nitrogens with two attached hydrogens (primary N) is 1. The third-order valence-corrected chi connectivity index (χ3v) is 8.04. The normalized spacial score (nSPS) is 22.6. The molecule has 3 rings (SSSR count). The van der Waals surface area contributed by atoms with Gasteiger partial charge in [-0.25, -0.2) is 4.79 Å². The van der Waals surface area contributed by atoms with Crippen molar-refractivity contribution in [2.45, 2.75) is 88.9 Å². The van der Waals surface area contributed by atoms with E-state index in [1.807, 2.05) is 30.3 Å². The maximum absolute atomic E-state index is 13.6. The summed E-state index contributed by atoms with van der Waals surface area (Å²) in [5, 5.41) is 46.5. The minimum atomic E-state index is -1.91. The summed E-state index contributed by atoms with van der Waals surface area (Å²) in [6.07, 6.45) is -3.94. The van der Waals surface area contributed by atoms with E-state index in [0.717, 1.165) is 10.5 Å². The fourth-order valence-electron chi connectivity index (χ4n) is 5.37. The second-order valence-electron chi connectivity index (χ2n) is 11.1. The fourth-order valence-corrected chi connectivity index (χ4v) is 5.37. The van der Waals surface area contributed by atoms with Crippen LogP contribution in [0.4, 0.5) is 4.79 Å². The number of aryl methyl sites for hydroxylation is 1. The van der Waals surface area contributed by atoms with Crippen LogP contribution in [0, 0.1) is 5.41 Å². The Balaban J connectivity index is 2.01. The highest BCUT2D eigenvalue weighted by atomic mass is 16.4. The van der Waals surface area contributed by atoms with E-state index in [1.54, 1.807) is 44.2 Å². The number of carbonyl (C=O) groups excluding carboxylic acids is 1. The average Bonchev–Trinajstić information content (AvgIpc) is 3.15. The van der Waals surface area contributed by atoms with Gasteiger partial charge in [-0.2, -0.15) is 0 Å². The van der Waals surface area contributed by atoms with Gasteiger partial charge in [0.05, 0.1) is 12.2 Å². The van der Waals surface area contributed by atoms with Crippen LogP contribution >= 0.6 is 0 Å². The summed E-state index contributed by atoms with van der Waals surface area (Å²) < 4.78 is 0. The van der Waals surface area contributed by atoms with Gasteiger partial charge in [0.1, 0.15) is 17.4 Å². The molecule has 0 bridgehead atoms. The maximum atomic E-state index is 13.6. The molecule has 0 radical (unpaired) electrons. The van der Waals surface area contributed by atoms with E-state index >= 15 is 0 Å². The highest BCUT2D eigenvalue weighted by molar-refractivity contribution is 5.87. The second kappa shape index (κ2) is 11.8. The third kappa shape index (κ3) is 6.18. The Kier molecular flexibility index (Phi) is 9.20. The Bertz CT molecular complexity index is 1080. The topological polar surface area (TPSA) is 156 Å². The maximum Gasteiger partial charge on any atom is 0.410 e. The number of carboxylic acid groups (broad SMARTS) is 1. The van der Waals surface area contributed by atoms with Crippen LogP contribution in [-0.4, -0.2) is 67.0 Å². The molecule has 0 heterocycles. The van der Waals surface area contributed by atoms with Gasteiger partial charge in [-0.1, -0.05) is 74.5 Å². The summed E-state index contributed by atoms with van der Waals surface area (Å²) >= 11 is 0. The van der Waals surface area contributed by atoms with Crippen molar-refractivity contribution in [2.24, 2.45) is 11.1 Å². The van der Waals surface area contributed by atoms with Crippen molar-refractivity contribution in [1.82, 2.24) is 10.2 Å². The molecule has 38 heavy (non-hydrogen) atoms. The number of carbonyl (C=O) groups is 2. The van der Waals surface area contributed by atoms with E-state index in [4.69, 9.17) is 5.73 Å². The van der Waals surface area contributed by atoms with E-state index in [9.17, 15) is 30.0 Å². The molecule has 0 spiro atoms. The molecule has 2 amide bonds. The van der Waals surface area contributed by atoms with Crippen LogP contribution in [0.5, 0.6) is 0 Å². The van der Waals surface area contributed by atoms with Crippen LogP contribution in [0.2, 0.25) is 0 Å². The zero-order valence-corrected chi connectivity index (χ0v) is 22.4. The first-order chi connectivity index (χ1) is 17.8. The molecule has 1 aliphatic carbocycles. The summed E-state index contributed by atoms with van der Waals surface area (Å²) in [7, 11) is 0. The number of nitrogens with zero attached hydrogens (tertiary/aromatic N) is 1. The van der Waals surface area contributed by atoms with Gasteiger partial charge in [-0.05, 0) is 50.2 Å². The first kappa shape index (κ1) is 29.6. The lowest BCUT2D eigenvalue weighted by Gasteiger charge is -2.48. The molecule has 1 fully saturated rings. The number of aliphatic hydroxyl groups excluding tert-OH is 2. The number of nitrogens with one attached hydrogen (secondary N) is 1. The minimum absolute atomic E-state index is 0.0780. The Labute approximate surface area is 224 Å². The first-order valence-electron chi connectivity index (χ1n) is 13.1. The number of aliphatic hydroxyl groups is 3. The highest BCUT2D eigenvalue weighted by Crippen LogP contribution is 2.46. The van der Waals surface area contributed by atoms with Gasteiger partial charge < -0.3 is 31.5 Å². The van der Waals surface area contributed by atoms with E-state index in [2.05, 4.69) is 5.32 Å². The Morgan fingerprint density at radius 2 is 1.58 bits per heavy atom. The predicted molar refractivity (Wildman–Crippen MR) is 144 cm³/mol. The average molecular weight is 528 g/mol. The van der Waals surface area contributed by atoms with Crippen LogP contribution in [0.1, 0.15) is 57.6 Å². The van der Waals surface area contributed by atoms with Crippen LogP contribution in [0.3, 0.4) is 0 Å². The molecular weight excluding hydrogens is 486 g/mol. The smallest absolute Gasteiger partial charge is 0.410 e. The number of hydrogen-bond acceptors (Lipinski definition) is 6. The molecule has 0 aromatic heterocycles. The molecule has 9 heteroatoms. The van der Waals surface area contributed by atoms with Gasteiger partial charge in [0.25, 0.3) is 5.91 Å². The van der Waals surface area contributed by atoms with E-state index in [-0.39, 0.29) is 19.3 Å². The summed E-state index contributed by atoms with van der Waals surface area (Å²) in [6, 6.07) is 18.2. The van der Waals surface area contributed by atoms with E-state index in [1.165, 1.54) is 6.92 Å². The van der Waals surface area contributed by atoms with Gasteiger partial charge in [0, 0.05) is 11.8 Å². The summed E-state index contributed by atoms with van der Waals surface area (Å²) in [4.78, 5) is 27.1. The molecule has 2 aromatic rings. The monoisotopic (exact) mass is 527 g/mol. The van der Waals surface area contributed by atoms with Crippen LogP contribution in [0.25, 0.3) is 0 Å². The quantitative estimate of drug-likeness (QED) is 0.245. The van der Waals surface area contributed by atoms with Crippen molar-refractivity contribution in [3.63, 3.8) is 0 Å². The molecule has 5 atom stereocenters. The fraction of sp³-hybridized carbons (Fsp3) is 0.517. The number of amides is 2. The van der Waals surface area contributed by atoms with Crippen molar-refractivity contribution >= 4 is 12.0 Å². The number of rotatable bonds is 11. The van der Waals surface area contributed by atoms with Gasteiger partial charge in [0.2, 0.25) is 0 Å². The van der Waals surface area contributed by atoms with Crippen molar-refractivity contribution in [3.8, 4) is 0 Å². The minimum Gasteiger partial charge on any atom is -0.465 e. The standard InChI is InChI=1S/C29H41N3O6/c1-20(33)29(30,19-22-13-8-5-9-14-22)32(26(36)37)24(23(34)16-15-21-11-6-4-7-12-21)31-25(35)28(38)18-10-17-27(28,2)3/h4-9,11-14,20,23-24,33-34,38H,10,15-19,30H2,1-3H3,(H,31,35)(H,36,37). The number of benzene rings is 2. The molecular formula is C29H41N3O6. The highest BCUT2D eigenvalue weighted by Gasteiger charge is 2.55. The van der Waals surface area contributed by atoms with Crippen LogP contribution in [0.15, 0.2) is 60.7 Å².